The summed E-state index contributed by atoms with van der Waals surface area (Å²) in [6.45, 7) is 1.97. The van der Waals surface area contributed by atoms with Crippen LogP contribution in [0.4, 0.5) is 4.39 Å². The maximum Gasteiger partial charge on any atom is 0.121 e. The standard InChI is InChI=1S/C7H11BrFN/c1-2-6(8)5-7(9)3-4-10/h3-6H,2,10H2,1H3/b4-3-,7-5+. The lowest BCUT2D eigenvalue weighted by molar-refractivity contribution is 0.659. The van der Waals surface area contributed by atoms with Crippen molar-refractivity contribution in [3.05, 3.63) is 24.2 Å². The number of hydrogen-bond acceptors (Lipinski definition) is 1. The summed E-state index contributed by atoms with van der Waals surface area (Å²) >= 11 is 3.26. The van der Waals surface area contributed by atoms with Crippen LogP contribution in [-0.4, -0.2) is 4.83 Å². The Morgan fingerprint density at radius 3 is 2.80 bits per heavy atom. The van der Waals surface area contributed by atoms with Crippen LogP contribution in [0.25, 0.3) is 0 Å². The Balaban J connectivity index is 3.89. The average Bonchev–Trinajstić information content (AvgIpc) is 1.88. The van der Waals surface area contributed by atoms with Gasteiger partial charge >= 0.3 is 0 Å². The van der Waals surface area contributed by atoms with Crippen LogP contribution in [0.3, 0.4) is 0 Å². The van der Waals surface area contributed by atoms with E-state index >= 15 is 0 Å². The minimum atomic E-state index is -0.300. The number of nitrogens with two attached hydrogens (primary N) is 1. The molecule has 0 rings (SSSR count). The SMILES string of the molecule is CCC(Br)/C=C(F)\C=C/N. The summed E-state index contributed by atoms with van der Waals surface area (Å²) < 4.78 is 12.5. The maximum atomic E-state index is 12.5. The molecule has 0 aromatic rings. The molecular formula is C7H11BrFN. The monoisotopic (exact) mass is 207 g/mol. The fraction of sp³-hybridized carbons (Fsp3) is 0.429. The van der Waals surface area contributed by atoms with Gasteiger partial charge in [-0.3, -0.25) is 0 Å². The zero-order valence-electron chi connectivity index (χ0n) is 5.85. The van der Waals surface area contributed by atoms with Gasteiger partial charge in [-0.15, -0.1) is 0 Å². The highest BCUT2D eigenvalue weighted by atomic mass is 79.9. The lowest BCUT2D eigenvalue weighted by Crippen LogP contribution is -1.89. The second kappa shape index (κ2) is 5.47. The molecule has 0 aliphatic heterocycles. The second-order valence-corrected chi connectivity index (χ2v) is 3.01. The van der Waals surface area contributed by atoms with Gasteiger partial charge in [0.05, 0.1) is 0 Å². The molecule has 1 nitrogen and oxygen atoms in total. The van der Waals surface area contributed by atoms with Crippen molar-refractivity contribution >= 4 is 15.9 Å². The number of rotatable bonds is 3. The van der Waals surface area contributed by atoms with Crippen LogP contribution in [-0.2, 0) is 0 Å². The van der Waals surface area contributed by atoms with E-state index in [0.29, 0.717) is 0 Å². The zero-order chi connectivity index (χ0) is 7.98. The van der Waals surface area contributed by atoms with Crippen LogP contribution in [0.1, 0.15) is 13.3 Å². The van der Waals surface area contributed by atoms with Gasteiger partial charge in [-0.05, 0) is 24.8 Å². The van der Waals surface area contributed by atoms with Gasteiger partial charge in [-0.25, -0.2) is 4.39 Å². The van der Waals surface area contributed by atoms with Crippen molar-refractivity contribution < 1.29 is 4.39 Å². The molecular weight excluding hydrogens is 197 g/mol. The molecule has 1 unspecified atom stereocenters. The average molecular weight is 208 g/mol. The van der Waals surface area contributed by atoms with E-state index in [-0.39, 0.29) is 10.7 Å². The molecule has 0 aromatic carbocycles. The van der Waals surface area contributed by atoms with Crippen LogP contribution in [0, 0.1) is 0 Å². The van der Waals surface area contributed by atoms with Gasteiger partial charge in [0.1, 0.15) is 5.83 Å². The first-order valence-electron chi connectivity index (χ1n) is 3.10. The summed E-state index contributed by atoms with van der Waals surface area (Å²) in [5, 5.41) is 0. The third kappa shape index (κ3) is 4.56. The number of allylic oxidation sites excluding steroid dienone is 3. The molecule has 0 heterocycles. The van der Waals surface area contributed by atoms with Gasteiger partial charge in [0.25, 0.3) is 0 Å². The Kier molecular flexibility index (Phi) is 5.30. The molecule has 3 heteroatoms. The third-order valence-corrected chi connectivity index (χ3v) is 1.90. The summed E-state index contributed by atoms with van der Waals surface area (Å²) in [6, 6.07) is 0. The first kappa shape index (κ1) is 9.69. The van der Waals surface area contributed by atoms with Gasteiger partial charge in [-0.1, -0.05) is 22.9 Å². The molecule has 0 spiro atoms. The predicted molar refractivity (Wildman–Crippen MR) is 45.5 cm³/mol. The molecule has 2 N–H and O–H groups in total. The maximum absolute atomic E-state index is 12.5. The van der Waals surface area contributed by atoms with E-state index in [2.05, 4.69) is 15.9 Å². The Morgan fingerprint density at radius 1 is 1.80 bits per heavy atom. The van der Waals surface area contributed by atoms with E-state index in [1.54, 1.807) is 0 Å². The van der Waals surface area contributed by atoms with E-state index in [1.165, 1.54) is 18.4 Å². The van der Waals surface area contributed by atoms with Gasteiger partial charge in [0, 0.05) is 4.83 Å². The Bertz CT molecular complexity index is 143. The molecule has 0 amide bonds. The van der Waals surface area contributed by atoms with Gasteiger partial charge in [-0.2, -0.15) is 0 Å². The van der Waals surface area contributed by atoms with Crippen LogP contribution in [0.5, 0.6) is 0 Å². The minimum absolute atomic E-state index is 0.101. The quantitative estimate of drug-likeness (QED) is 0.559. The first-order chi connectivity index (χ1) is 4.70. The van der Waals surface area contributed by atoms with Crippen LogP contribution < -0.4 is 5.73 Å². The molecule has 0 aliphatic carbocycles. The fourth-order valence-electron chi connectivity index (χ4n) is 0.438. The largest absolute Gasteiger partial charge is 0.405 e. The van der Waals surface area contributed by atoms with E-state index < -0.39 is 0 Å². The third-order valence-electron chi connectivity index (χ3n) is 0.986. The molecule has 10 heavy (non-hydrogen) atoms. The first-order valence-corrected chi connectivity index (χ1v) is 4.02. The van der Waals surface area contributed by atoms with E-state index in [4.69, 9.17) is 5.73 Å². The van der Waals surface area contributed by atoms with Gasteiger partial charge in [0.15, 0.2) is 0 Å². The summed E-state index contributed by atoms with van der Waals surface area (Å²) in [6.07, 6.45) is 4.75. The molecule has 0 fully saturated rings. The van der Waals surface area contributed by atoms with Crippen LogP contribution >= 0.6 is 15.9 Å². The summed E-state index contributed by atoms with van der Waals surface area (Å²) in [5.41, 5.74) is 4.97. The van der Waals surface area contributed by atoms with E-state index in [0.717, 1.165) is 6.42 Å². The molecule has 0 bridgehead atoms. The van der Waals surface area contributed by atoms with Crippen molar-refractivity contribution in [1.82, 2.24) is 0 Å². The van der Waals surface area contributed by atoms with Crippen molar-refractivity contribution in [3.8, 4) is 0 Å². The fourth-order valence-corrected chi connectivity index (χ4v) is 0.691. The topological polar surface area (TPSA) is 26.0 Å². The van der Waals surface area contributed by atoms with Crippen molar-refractivity contribution in [3.63, 3.8) is 0 Å². The van der Waals surface area contributed by atoms with Crippen LogP contribution in [0.15, 0.2) is 24.2 Å². The highest BCUT2D eigenvalue weighted by Crippen LogP contribution is 2.10. The number of alkyl halides is 1. The molecule has 58 valence electrons. The molecule has 0 aliphatic rings. The predicted octanol–water partition coefficient (Wildman–Crippen LogP) is 2.49. The lowest BCUT2D eigenvalue weighted by atomic mass is 10.3. The smallest absolute Gasteiger partial charge is 0.121 e. The molecule has 0 radical (unpaired) electrons. The summed E-state index contributed by atoms with van der Waals surface area (Å²) in [7, 11) is 0. The molecule has 0 saturated carbocycles. The highest BCUT2D eigenvalue weighted by Gasteiger charge is 1.96. The number of hydrogen-bond donors (Lipinski definition) is 1. The zero-order valence-corrected chi connectivity index (χ0v) is 7.44. The summed E-state index contributed by atoms with van der Waals surface area (Å²) in [5.74, 6) is -0.300. The molecule has 1 atom stereocenters. The minimum Gasteiger partial charge on any atom is -0.405 e. The van der Waals surface area contributed by atoms with Crippen molar-refractivity contribution in [2.45, 2.75) is 18.2 Å². The number of halogens is 2. The van der Waals surface area contributed by atoms with Gasteiger partial charge < -0.3 is 5.73 Å². The lowest BCUT2D eigenvalue weighted by Gasteiger charge is -1.96. The summed E-state index contributed by atoms with van der Waals surface area (Å²) in [4.78, 5) is 0.101. The Morgan fingerprint density at radius 2 is 2.40 bits per heavy atom. The Labute approximate surface area is 68.9 Å². The van der Waals surface area contributed by atoms with Crippen molar-refractivity contribution in [2.75, 3.05) is 0 Å². The van der Waals surface area contributed by atoms with Gasteiger partial charge in [0.2, 0.25) is 0 Å². The van der Waals surface area contributed by atoms with Crippen molar-refractivity contribution in [2.24, 2.45) is 5.73 Å². The van der Waals surface area contributed by atoms with E-state index in [1.807, 2.05) is 6.92 Å². The Hall–Kier alpha value is -0.310. The van der Waals surface area contributed by atoms with Crippen molar-refractivity contribution in [1.29, 1.82) is 0 Å². The highest BCUT2D eigenvalue weighted by molar-refractivity contribution is 9.09. The molecule has 0 aromatic heterocycles. The molecule has 0 saturated heterocycles. The van der Waals surface area contributed by atoms with E-state index in [9.17, 15) is 4.39 Å². The van der Waals surface area contributed by atoms with Crippen LogP contribution in [0.2, 0.25) is 0 Å². The second-order valence-electron chi connectivity index (χ2n) is 1.83. The normalized spacial score (nSPS) is 16.1.